The van der Waals surface area contributed by atoms with Crippen LogP contribution < -0.4 is 68.9 Å². The van der Waals surface area contributed by atoms with Crippen LogP contribution in [0.3, 0.4) is 0 Å². The summed E-state index contributed by atoms with van der Waals surface area (Å²) in [6.07, 6.45) is 8.17. The summed E-state index contributed by atoms with van der Waals surface area (Å²) >= 11 is 1.25. The summed E-state index contributed by atoms with van der Waals surface area (Å²) in [7, 11) is -5.40. The average molecular weight is 801 g/mol. The summed E-state index contributed by atoms with van der Waals surface area (Å²) in [5, 5.41) is 11.9. The van der Waals surface area contributed by atoms with E-state index < -0.39 is 55.0 Å². The maximum Gasteiger partial charge on any atom is 1.00 e. The van der Waals surface area contributed by atoms with E-state index in [-0.39, 0.29) is 106 Å². The van der Waals surface area contributed by atoms with E-state index in [4.69, 9.17) is 19.5 Å². The molecular formula is C35H30F3N4Na2O8PS. The first-order chi connectivity index (χ1) is 24.9. The van der Waals surface area contributed by atoms with Gasteiger partial charge in [-0.1, -0.05) is 42.5 Å². The minimum absolute atomic E-state index is 0. The van der Waals surface area contributed by atoms with Crippen LogP contribution in [0.25, 0.3) is 6.08 Å². The van der Waals surface area contributed by atoms with Gasteiger partial charge in [-0.25, -0.2) is 27.6 Å². The van der Waals surface area contributed by atoms with Crippen LogP contribution >= 0.6 is 19.6 Å². The average Bonchev–Trinajstić information content (AvgIpc) is 3.63. The number of rotatable bonds is 14. The molecule has 1 aliphatic rings. The Kier molecular flexibility index (Phi) is 17.9. The van der Waals surface area contributed by atoms with E-state index in [0.717, 1.165) is 18.2 Å². The number of nitrogens with zero attached hydrogens (tertiary/aromatic N) is 4. The van der Waals surface area contributed by atoms with Gasteiger partial charge in [-0.05, 0) is 48.9 Å². The van der Waals surface area contributed by atoms with Crippen molar-refractivity contribution in [1.29, 1.82) is 5.26 Å². The first-order valence-corrected chi connectivity index (χ1v) is 18.0. The number of esters is 1. The summed E-state index contributed by atoms with van der Waals surface area (Å²) < 4.78 is 78.9. The van der Waals surface area contributed by atoms with E-state index in [9.17, 15) is 27.9 Å². The van der Waals surface area contributed by atoms with Crippen LogP contribution in [0.5, 0.6) is 0 Å². The predicted molar refractivity (Wildman–Crippen MR) is 178 cm³/mol. The molecule has 0 saturated carbocycles. The fourth-order valence-electron chi connectivity index (χ4n) is 5.34. The molecule has 0 aliphatic carbocycles. The van der Waals surface area contributed by atoms with Crippen LogP contribution in [-0.4, -0.2) is 50.7 Å². The molecule has 4 aromatic rings. The Morgan fingerprint density at radius 3 is 2.50 bits per heavy atom. The summed E-state index contributed by atoms with van der Waals surface area (Å²) in [6, 6.07) is 14.5. The largest absolute Gasteiger partial charge is 1.00 e. The topological polar surface area (TPSA) is 172 Å². The Hall–Kier alpha value is -2.59. The molecule has 272 valence electrons. The molecule has 54 heavy (non-hydrogen) atoms. The van der Waals surface area contributed by atoms with Gasteiger partial charge in [0.05, 0.1) is 56.6 Å². The van der Waals surface area contributed by atoms with E-state index in [1.54, 1.807) is 25.2 Å². The van der Waals surface area contributed by atoms with Gasteiger partial charge in [0.2, 0.25) is 0 Å². The van der Waals surface area contributed by atoms with Gasteiger partial charge in [0.25, 0.3) is 0 Å². The SMILES string of the molecule is C[C@@H](S[C@H]1CO[C@H](/C=C/C=C/c2ccc(C#N)cc2F)OC1)[C@@](Cn1cncn1)(OC(=O)c1ccccc1COP(=O)([O-])[O-])c1ccc(F)cc1F.[Na+].[Na+]. The molecule has 0 spiro atoms. The van der Waals surface area contributed by atoms with Crippen molar-refractivity contribution in [2.24, 2.45) is 0 Å². The molecule has 0 amide bonds. The zero-order chi connectivity index (χ0) is 37.3. The molecule has 1 saturated heterocycles. The minimum atomic E-state index is -5.40. The Balaban J connectivity index is 0.00000392. The second kappa shape index (κ2) is 21.1. The van der Waals surface area contributed by atoms with Crippen molar-refractivity contribution in [2.75, 3.05) is 13.2 Å². The fourth-order valence-corrected chi connectivity index (χ4v) is 7.00. The number of ether oxygens (including phenoxy) is 3. The Labute approximate surface area is 357 Å². The van der Waals surface area contributed by atoms with Crippen molar-refractivity contribution in [3.05, 3.63) is 137 Å². The van der Waals surface area contributed by atoms with E-state index in [0.29, 0.717) is 11.6 Å². The second-order valence-electron chi connectivity index (χ2n) is 11.4. The molecule has 0 N–H and O–H groups in total. The first kappa shape index (κ1) is 45.8. The van der Waals surface area contributed by atoms with Gasteiger partial charge in [-0.2, -0.15) is 10.4 Å². The van der Waals surface area contributed by atoms with Crippen molar-refractivity contribution in [2.45, 2.75) is 42.5 Å². The quantitative estimate of drug-likeness (QED) is 0.0648. The molecule has 0 radical (unpaired) electrons. The third-order valence-electron chi connectivity index (χ3n) is 7.87. The minimum Gasteiger partial charge on any atom is -0.790 e. The number of benzene rings is 3. The summed E-state index contributed by atoms with van der Waals surface area (Å²) in [6.45, 7) is 0.951. The third kappa shape index (κ3) is 12.5. The summed E-state index contributed by atoms with van der Waals surface area (Å²) in [4.78, 5) is 40.3. The van der Waals surface area contributed by atoms with E-state index >= 15 is 4.39 Å². The molecule has 3 aromatic carbocycles. The van der Waals surface area contributed by atoms with E-state index in [2.05, 4.69) is 14.6 Å². The van der Waals surface area contributed by atoms with Gasteiger partial charge in [-0.3, -0.25) is 0 Å². The number of phosphoric ester groups is 1. The maximum absolute atomic E-state index is 15.8. The van der Waals surface area contributed by atoms with Crippen LogP contribution in [0.15, 0.2) is 91.5 Å². The van der Waals surface area contributed by atoms with Crippen molar-refractivity contribution >= 4 is 31.6 Å². The number of carbonyl (C=O) groups excluding carboxylic acids is 1. The van der Waals surface area contributed by atoms with Gasteiger partial charge in [0.15, 0.2) is 11.9 Å². The number of halogens is 3. The number of aromatic nitrogens is 3. The maximum atomic E-state index is 15.8. The molecule has 2 atom stereocenters. The van der Waals surface area contributed by atoms with Crippen LogP contribution in [0.2, 0.25) is 0 Å². The standard InChI is InChI=1S/C35H32F3N4O8PS.2Na/c1-23(52-28-18-47-33(48-19-28)9-5-3-6-25-11-10-24(16-39)14-31(25)37)35(20-42-22-40-21-41-42,30-13-12-27(36)15-32(30)38)50-34(43)29-8-4-2-7-26(29)17-49-51(44,45)46;;/h2-15,21-23,28,33H,17-20H2,1H3,(H2,44,45,46);;/q;2*+1/p-2/b6-3+,9-5+;;/t23-,28-,33-,35-;;/m1../s1. The first-order valence-electron chi connectivity index (χ1n) is 15.6. The van der Waals surface area contributed by atoms with Gasteiger partial charge in [0.1, 0.15) is 30.1 Å². The normalized spacial score (nSPS) is 17.6. The fraction of sp³-hybridized carbons (Fsp3) is 0.257. The molecule has 1 aliphatic heterocycles. The number of phosphoric acid groups is 1. The molecule has 12 nitrogen and oxygen atoms in total. The van der Waals surface area contributed by atoms with Gasteiger partial charge >= 0.3 is 65.1 Å². The van der Waals surface area contributed by atoms with E-state index in [1.165, 1.54) is 71.6 Å². The molecular weight excluding hydrogens is 770 g/mol. The van der Waals surface area contributed by atoms with E-state index in [1.807, 2.05) is 6.07 Å². The smallest absolute Gasteiger partial charge is 0.790 e. The van der Waals surface area contributed by atoms with Crippen molar-refractivity contribution in [3.8, 4) is 6.07 Å². The number of thioether (sulfide) groups is 1. The Bertz CT molecular complexity index is 2030. The number of nitriles is 1. The summed E-state index contributed by atoms with van der Waals surface area (Å²) in [5.74, 6) is -3.43. The predicted octanol–water partition coefficient (Wildman–Crippen LogP) is -1.19. The summed E-state index contributed by atoms with van der Waals surface area (Å²) in [5.41, 5.74) is -1.72. The molecule has 5 rings (SSSR count). The number of hydrogen-bond donors (Lipinski definition) is 0. The zero-order valence-corrected chi connectivity index (χ0v) is 35.1. The van der Waals surface area contributed by atoms with Crippen LogP contribution in [0.4, 0.5) is 13.2 Å². The second-order valence-corrected chi connectivity index (χ2v) is 14.2. The van der Waals surface area contributed by atoms with Gasteiger partial charge < -0.3 is 33.1 Å². The molecule has 1 fully saturated rings. The number of hydrogen-bond acceptors (Lipinski definition) is 12. The van der Waals surface area contributed by atoms with Crippen LogP contribution in [-0.2, 0) is 42.1 Å². The molecule has 19 heteroatoms. The van der Waals surface area contributed by atoms with Crippen molar-refractivity contribution in [1.82, 2.24) is 14.8 Å². The Morgan fingerprint density at radius 1 is 1.11 bits per heavy atom. The van der Waals surface area contributed by atoms with Crippen LogP contribution in [0.1, 0.15) is 39.5 Å². The molecule has 0 bridgehead atoms. The van der Waals surface area contributed by atoms with Crippen molar-refractivity contribution < 1.29 is 110 Å². The molecule has 2 heterocycles. The van der Waals surface area contributed by atoms with Gasteiger partial charge in [0, 0.05) is 22.4 Å². The van der Waals surface area contributed by atoms with Crippen LogP contribution in [0, 0.1) is 28.8 Å². The Morgan fingerprint density at radius 2 is 1.85 bits per heavy atom. The zero-order valence-electron chi connectivity index (χ0n) is 29.3. The molecule has 0 unspecified atom stereocenters. The third-order valence-corrected chi connectivity index (χ3v) is 9.76. The number of carbonyl (C=O) groups is 1. The number of allylic oxidation sites excluding steroid dienone is 2. The monoisotopic (exact) mass is 800 g/mol. The van der Waals surface area contributed by atoms with Gasteiger partial charge in [-0.15, -0.1) is 11.8 Å². The molecule has 1 aromatic heterocycles. The van der Waals surface area contributed by atoms with Crippen molar-refractivity contribution in [3.63, 3.8) is 0 Å².